The largest absolute Gasteiger partial charge is 0.452 e. The molecule has 0 radical (unpaired) electrons. The number of rotatable bonds is 5. The van der Waals surface area contributed by atoms with Crippen LogP contribution in [0.4, 0.5) is 0 Å². The molecule has 1 N–H and O–H groups in total. The Morgan fingerprint density at radius 3 is 2.46 bits per heavy atom. The number of esters is 1. The van der Waals surface area contributed by atoms with Crippen molar-refractivity contribution in [1.29, 1.82) is 0 Å². The number of nitrogens with one attached hydrogen (secondary N) is 1. The average Bonchev–Trinajstić information content (AvgIpc) is 2.55. The quantitative estimate of drug-likeness (QED) is 0.833. The molecule has 4 nitrogen and oxygen atoms in total. The summed E-state index contributed by atoms with van der Waals surface area (Å²) in [5, 5.41) is 3.43. The maximum Gasteiger partial charge on any atom is 0.338 e. The molecule has 0 aliphatic heterocycles. The highest BCUT2D eigenvalue weighted by Gasteiger charge is 2.14. The SMILES string of the molecule is Cc1ccc(C)c(C(=O)OCC(=O)N[C@H](C)c2ccc(Cl)cc2)c1. The molecule has 0 unspecified atom stereocenters. The van der Waals surface area contributed by atoms with Crippen LogP contribution in [0.15, 0.2) is 42.5 Å². The lowest BCUT2D eigenvalue weighted by Crippen LogP contribution is -2.31. The number of amides is 1. The first-order chi connectivity index (χ1) is 11.4. The van der Waals surface area contributed by atoms with Crippen molar-refractivity contribution in [3.8, 4) is 0 Å². The van der Waals surface area contributed by atoms with Crippen LogP contribution in [0.1, 0.15) is 40.0 Å². The zero-order valence-corrected chi connectivity index (χ0v) is 14.7. The molecule has 24 heavy (non-hydrogen) atoms. The number of halogens is 1. The summed E-state index contributed by atoms with van der Waals surface area (Å²) in [6.07, 6.45) is 0. The van der Waals surface area contributed by atoms with E-state index in [1.165, 1.54) is 0 Å². The normalized spacial score (nSPS) is 11.7. The van der Waals surface area contributed by atoms with Crippen molar-refractivity contribution in [1.82, 2.24) is 5.32 Å². The molecule has 0 bridgehead atoms. The first kappa shape index (κ1) is 18.0. The van der Waals surface area contributed by atoms with Crippen LogP contribution in [-0.2, 0) is 9.53 Å². The Morgan fingerprint density at radius 2 is 1.79 bits per heavy atom. The Bertz CT molecular complexity index is 741. The van der Waals surface area contributed by atoms with Gasteiger partial charge in [0.15, 0.2) is 6.61 Å². The minimum absolute atomic E-state index is 0.200. The minimum Gasteiger partial charge on any atom is -0.452 e. The minimum atomic E-state index is -0.495. The summed E-state index contributed by atoms with van der Waals surface area (Å²) >= 11 is 5.84. The highest BCUT2D eigenvalue weighted by Crippen LogP contribution is 2.16. The van der Waals surface area contributed by atoms with Crippen LogP contribution in [0.3, 0.4) is 0 Å². The van der Waals surface area contributed by atoms with E-state index < -0.39 is 5.97 Å². The number of carbonyl (C=O) groups is 2. The Balaban J connectivity index is 1.89. The van der Waals surface area contributed by atoms with Crippen LogP contribution in [0.5, 0.6) is 0 Å². The lowest BCUT2D eigenvalue weighted by atomic mass is 10.1. The molecular weight excluding hydrogens is 326 g/mol. The monoisotopic (exact) mass is 345 g/mol. The molecule has 2 aromatic carbocycles. The molecule has 2 rings (SSSR count). The van der Waals surface area contributed by atoms with Gasteiger partial charge in [0.2, 0.25) is 0 Å². The van der Waals surface area contributed by atoms with Crippen LogP contribution in [0.2, 0.25) is 5.02 Å². The molecule has 0 fully saturated rings. The molecule has 1 atom stereocenters. The molecule has 0 heterocycles. The molecule has 0 aromatic heterocycles. The van der Waals surface area contributed by atoms with Gasteiger partial charge in [-0.15, -0.1) is 0 Å². The number of hydrogen-bond acceptors (Lipinski definition) is 3. The number of benzene rings is 2. The van der Waals surface area contributed by atoms with E-state index in [4.69, 9.17) is 16.3 Å². The predicted octanol–water partition coefficient (Wildman–Crippen LogP) is 3.99. The van der Waals surface area contributed by atoms with E-state index in [1.807, 2.05) is 45.0 Å². The van der Waals surface area contributed by atoms with Gasteiger partial charge in [-0.3, -0.25) is 4.79 Å². The van der Waals surface area contributed by atoms with Crippen molar-refractivity contribution in [3.63, 3.8) is 0 Å². The van der Waals surface area contributed by atoms with Gasteiger partial charge in [-0.25, -0.2) is 4.79 Å². The average molecular weight is 346 g/mol. The van der Waals surface area contributed by atoms with Crippen molar-refractivity contribution >= 4 is 23.5 Å². The van der Waals surface area contributed by atoms with Crippen molar-refractivity contribution in [2.45, 2.75) is 26.8 Å². The third kappa shape index (κ3) is 4.83. The molecule has 0 saturated heterocycles. The highest BCUT2D eigenvalue weighted by atomic mass is 35.5. The summed E-state index contributed by atoms with van der Waals surface area (Å²) < 4.78 is 5.11. The summed E-state index contributed by atoms with van der Waals surface area (Å²) in [6, 6.07) is 12.5. The molecule has 0 saturated carbocycles. The Labute approximate surface area is 146 Å². The van der Waals surface area contributed by atoms with Gasteiger partial charge in [0.25, 0.3) is 5.91 Å². The number of ether oxygens (including phenoxy) is 1. The second kappa shape index (κ2) is 7.97. The molecule has 1 amide bonds. The lowest BCUT2D eigenvalue weighted by Gasteiger charge is -2.15. The number of hydrogen-bond donors (Lipinski definition) is 1. The maximum atomic E-state index is 12.1. The zero-order chi connectivity index (χ0) is 17.7. The van der Waals surface area contributed by atoms with Crippen molar-refractivity contribution in [3.05, 3.63) is 69.7 Å². The van der Waals surface area contributed by atoms with E-state index in [1.54, 1.807) is 18.2 Å². The van der Waals surface area contributed by atoms with Crippen LogP contribution in [0, 0.1) is 13.8 Å². The standard InChI is InChI=1S/C19H20ClNO3/c1-12-4-5-13(2)17(10-12)19(23)24-11-18(22)21-14(3)15-6-8-16(20)9-7-15/h4-10,14H,11H2,1-3H3,(H,21,22)/t14-/m1/s1. The Kier molecular flexibility index (Phi) is 5.99. The third-order valence-corrected chi connectivity index (χ3v) is 3.95. The van der Waals surface area contributed by atoms with Crippen LogP contribution in [0.25, 0.3) is 0 Å². The van der Waals surface area contributed by atoms with Gasteiger partial charge in [0.1, 0.15) is 0 Å². The van der Waals surface area contributed by atoms with E-state index in [2.05, 4.69) is 5.32 Å². The van der Waals surface area contributed by atoms with E-state index in [0.29, 0.717) is 10.6 Å². The van der Waals surface area contributed by atoms with Crippen LogP contribution >= 0.6 is 11.6 Å². The number of carbonyl (C=O) groups excluding carboxylic acids is 2. The smallest absolute Gasteiger partial charge is 0.338 e. The fourth-order valence-corrected chi connectivity index (χ4v) is 2.41. The van der Waals surface area contributed by atoms with Crippen molar-refractivity contribution in [2.75, 3.05) is 6.61 Å². The lowest BCUT2D eigenvalue weighted by molar-refractivity contribution is -0.124. The molecule has 126 valence electrons. The van der Waals surface area contributed by atoms with Gasteiger partial charge >= 0.3 is 5.97 Å². The number of aryl methyl sites for hydroxylation is 2. The highest BCUT2D eigenvalue weighted by molar-refractivity contribution is 6.30. The van der Waals surface area contributed by atoms with E-state index in [0.717, 1.165) is 16.7 Å². The molecule has 2 aromatic rings. The van der Waals surface area contributed by atoms with Gasteiger partial charge in [-0.1, -0.05) is 41.4 Å². The van der Waals surface area contributed by atoms with Crippen molar-refractivity contribution in [2.24, 2.45) is 0 Å². The first-order valence-corrected chi connectivity index (χ1v) is 8.04. The fraction of sp³-hybridized carbons (Fsp3) is 0.263. The van der Waals surface area contributed by atoms with Gasteiger partial charge in [-0.2, -0.15) is 0 Å². The van der Waals surface area contributed by atoms with Crippen molar-refractivity contribution < 1.29 is 14.3 Å². The molecule has 0 aliphatic carbocycles. The van der Waals surface area contributed by atoms with E-state index in [-0.39, 0.29) is 18.6 Å². The molecule has 5 heteroatoms. The van der Waals surface area contributed by atoms with Gasteiger partial charge < -0.3 is 10.1 Å². The second-order valence-corrected chi connectivity index (χ2v) is 6.17. The summed E-state index contributed by atoms with van der Waals surface area (Å²) in [4.78, 5) is 24.1. The van der Waals surface area contributed by atoms with Gasteiger partial charge in [0, 0.05) is 5.02 Å². The molecular formula is C19H20ClNO3. The summed E-state index contributed by atoms with van der Waals surface area (Å²) in [5.41, 5.74) is 3.19. The second-order valence-electron chi connectivity index (χ2n) is 5.74. The Hall–Kier alpha value is -2.33. The summed E-state index contributed by atoms with van der Waals surface area (Å²) in [7, 11) is 0. The third-order valence-electron chi connectivity index (χ3n) is 3.69. The van der Waals surface area contributed by atoms with Gasteiger partial charge in [0.05, 0.1) is 11.6 Å². The van der Waals surface area contributed by atoms with E-state index in [9.17, 15) is 9.59 Å². The maximum absolute atomic E-state index is 12.1. The summed E-state index contributed by atoms with van der Waals surface area (Å²) in [6.45, 7) is 5.27. The van der Waals surface area contributed by atoms with Crippen LogP contribution < -0.4 is 5.32 Å². The first-order valence-electron chi connectivity index (χ1n) is 7.66. The predicted molar refractivity (Wildman–Crippen MR) is 94.2 cm³/mol. The Morgan fingerprint density at radius 1 is 1.12 bits per heavy atom. The molecule has 0 aliphatic rings. The topological polar surface area (TPSA) is 55.4 Å². The van der Waals surface area contributed by atoms with Gasteiger partial charge in [-0.05, 0) is 50.1 Å². The zero-order valence-electron chi connectivity index (χ0n) is 13.9. The fourth-order valence-electron chi connectivity index (χ4n) is 2.28. The van der Waals surface area contributed by atoms with E-state index >= 15 is 0 Å². The summed E-state index contributed by atoms with van der Waals surface area (Å²) in [5.74, 6) is -0.846. The molecule has 0 spiro atoms. The van der Waals surface area contributed by atoms with Crippen LogP contribution in [-0.4, -0.2) is 18.5 Å².